The van der Waals surface area contributed by atoms with Gasteiger partial charge in [-0.3, -0.25) is 4.79 Å². The Morgan fingerprint density at radius 2 is 1.96 bits per heavy atom. The Morgan fingerprint density at radius 3 is 2.57 bits per heavy atom. The van der Waals surface area contributed by atoms with Gasteiger partial charge in [0.05, 0.1) is 18.4 Å². The van der Waals surface area contributed by atoms with Gasteiger partial charge in [-0.05, 0) is 44.5 Å². The highest BCUT2D eigenvalue weighted by molar-refractivity contribution is 6.30. The van der Waals surface area contributed by atoms with Crippen molar-refractivity contribution in [3.63, 3.8) is 0 Å². The number of halogens is 1. The van der Waals surface area contributed by atoms with Gasteiger partial charge in [0.2, 0.25) is 5.78 Å². The van der Waals surface area contributed by atoms with Gasteiger partial charge in [0.25, 0.3) is 0 Å². The van der Waals surface area contributed by atoms with E-state index in [2.05, 4.69) is 4.98 Å². The Hall–Kier alpha value is -2.27. The van der Waals surface area contributed by atoms with Gasteiger partial charge < -0.3 is 14.5 Å². The third-order valence-corrected chi connectivity index (χ3v) is 3.79. The lowest BCUT2D eigenvalue weighted by Crippen LogP contribution is -2.25. The summed E-state index contributed by atoms with van der Waals surface area (Å²) in [6, 6.07) is 6.83. The van der Waals surface area contributed by atoms with Crippen molar-refractivity contribution >= 4 is 23.4 Å². The number of hydrogen-bond donors (Lipinski definition) is 1. The number of ketones is 1. The number of methoxy groups -OCH3 is 1. The maximum absolute atomic E-state index is 12.6. The van der Waals surface area contributed by atoms with Crippen LogP contribution in [0.5, 0.6) is 5.75 Å². The molecule has 0 aliphatic heterocycles. The van der Waals surface area contributed by atoms with Crippen molar-refractivity contribution in [3.8, 4) is 5.75 Å². The van der Waals surface area contributed by atoms with E-state index in [4.69, 9.17) is 21.1 Å². The predicted octanol–water partition coefficient (Wildman–Crippen LogP) is 3.72. The summed E-state index contributed by atoms with van der Waals surface area (Å²) in [7, 11) is 1.31. The molecule has 1 N–H and O–H groups in total. The Balaban J connectivity index is 2.25. The Morgan fingerprint density at radius 1 is 1.26 bits per heavy atom. The normalized spacial score (nSPS) is 11.9. The van der Waals surface area contributed by atoms with Gasteiger partial charge in [-0.25, -0.2) is 4.79 Å². The minimum Gasteiger partial charge on any atom is -0.482 e. The monoisotopic (exact) mass is 335 g/mol. The van der Waals surface area contributed by atoms with Crippen molar-refractivity contribution in [2.45, 2.75) is 26.9 Å². The third-order valence-electron chi connectivity index (χ3n) is 3.55. The molecule has 1 heterocycles. The fourth-order valence-corrected chi connectivity index (χ4v) is 2.59. The molecule has 122 valence electrons. The van der Waals surface area contributed by atoms with Crippen LogP contribution in [0.25, 0.3) is 0 Å². The highest BCUT2D eigenvalue weighted by atomic mass is 35.5. The molecular formula is C17H18ClNO4. The van der Waals surface area contributed by atoms with Crippen LogP contribution in [-0.4, -0.2) is 30.0 Å². The average Bonchev–Trinajstić information content (AvgIpc) is 2.80. The molecule has 0 spiro atoms. The maximum Gasteiger partial charge on any atom is 0.339 e. The maximum atomic E-state index is 12.6. The molecule has 2 aromatic rings. The average molecular weight is 336 g/mol. The molecule has 0 bridgehead atoms. The Kier molecular flexibility index (Phi) is 5.11. The highest BCUT2D eigenvalue weighted by Crippen LogP contribution is 2.23. The molecule has 1 aromatic heterocycles. The second kappa shape index (κ2) is 6.87. The number of H-pyrrole nitrogens is 1. The first-order chi connectivity index (χ1) is 10.8. The fourth-order valence-electron chi connectivity index (χ4n) is 2.41. The second-order valence-corrected chi connectivity index (χ2v) is 5.63. The minimum absolute atomic E-state index is 0.249. The van der Waals surface area contributed by atoms with Gasteiger partial charge in [-0.2, -0.15) is 0 Å². The van der Waals surface area contributed by atoms with Crippen LogP contribution in [0.3, 0.4) is 0 Å². The number of aryl methyl sites for hydroxylation is 1. The quantitative estimate of drug-likeness (QED) is 0.668. The van der Waals surface area contributed by atoms with Crippen molar-refractivity contribution in [3.05, 3.63) is 51.8 Å². The van der Waals surface area contributed by atoms with Crippen LogP contribution in [0, 0.1) is 13.8 Å². The second-order valence-electron chi connectivity index (χ2n) is 5.20. The number of Topliss-reactive ketones (excluding diaryl/α,β-unsaturated/α-hetero) is 1. The summed E-state index contributed by atoms with van der Waals surface area (Å²) in [5.74, 6) is -0.216. The summed E-state index contributed by atoms with van der Waals surface area (Å²) < 4.78 is 10.4. The van der Waals surface area contributed by atoms with E-state index < -0.39 is 12.1 Å². The number of aromatic nitrogens is 1. The molecule has 0 unspecified atom stereocenters. The first kappa shape index (κ1) is 17.1. The van der Waals surface area contributed by atoms with Crippen LogP contribution in [0.4, 0.5) is 0 Å². The number of carbonyl (C=O) groups excluding carboxylic acids is 2. The molecule has 2 rings (SSSR count). The van der Waals surface area contributed by atoms with E-state index in [-0.39, 0.29) is 5.78 Å². The molecule has 6 heteroatoms. The molecule has 0 saturated carbocycles. The summed E-state index contributed by atoms with van der Waals surface area (Å²) in [6.07, 6.45) is -0.726. The van der Waals surface area contributed by atoms with Crippen LogP contribution in [0.2, 0.25) is 5.02 Å². The minimum atomic E-state index is -0.726. The predicted molar refractivity (Wildman–Crippen MR) is 87.5 cm³/mol. The van der Waals surface area contributed by atoms with E-state index in [1.54, 1.807) is 45.0 Å². The SMILES string of the molecule is COC(=O)c1c(C)[nH]c(C(=O)[C@@H](C)Oc2cccc(Cl)c2)c1C. The van der Waals surface area contributed by atoms with Crippen LogP contribution in [0.1, 0.15) is 39.0 Å². The molecule has 0 aliphatic carbocycles. The van der Waals surface area contributed by atoms with E-state index in [0.29, 0.717) is 33.3 Å². The number of hydrogen-bond acceptors (Lipinski definition) is 4. The number of rotatable bonds is 5. The van der Waals surface area contributed by atoms with Crippen LogP contribution >= 0.6 is 11.6 Å². The molecule has 0 fully saturated rings. The zero-order valence-electron chi connectivity index (χ0n) is 13.4. The van der Waals surface area contributed by atoms with Gasteiger partial charge in [0, 0.05) is 10.7 Å². The first-order valence-electron chi connectivity index (χ1n) is 7.09. The van der Waals surface area contributed by atoms with Crippen molar-refractivity contribution in [2.24, 2.45) is 0 Å². The summed E-state index contributed by atoms with van der Waals surface area (Å²) in [6.45, 7) is 5.07. The third kappa shape index (κ3) is 3.56. The lowest BCUT2D eigenvalue weighted by atomic mass is 10.1. The Bertz CT molecular complexity index is 751. The molecule has 1 atom stereocenters. The smallest absolute Gasteiger partial charge is 0.339 e. The zero-order valence-corrected chi connectivity index (χ0v) is 14.2. The number of aromatic amines is 1. The lowest BCUT2D eigenvalue weighted by molar-refractivity contribution is 0.0599. The fraction of sp³-hybridized carbons (Fsp3) is 0.294. The largest absolute Gasteiger partial charge is 0.482 e. The Labute approximate surface area is 139 Å². The zero-order chi connectivity index (χ0) is 17.1. The van der Waals surface area contributed by atoms with E-state index in [9.17, 15) is 9.59 Å². The van der Waals surface area contributed by atoms with Gasteiger partial charge in [0.15, 0.2) is 6.10 Å². The van der Waals surface area contributed by atoms with E-state index in [0.717, 1.165) is 0 Å². The standard InChI is InChI=1S/C17H18ClNO4/c1-9-14(17(21)22-4)10(2)19-15(9)16(20)11(3)23-13-7-5-6-12(18)8-13/h5-8,11,19H,1-4H3/t11-/m1/s1. The molecular weight excluding hydrogens is 318 g/mol. The molecule has 0 saturated heterocycles. The molecule has 0 radical (unpaired) electrons. The van der Waals surface area contributed by atoms with Gasteiger partial charge in [-0.1, -0.05) is 17.7 Å². The number of esters is 1. The number of benzene rings is 1. The highest BCUT2D eigenvalue weighted by Gasteiger charge is 2.26. The molecule has 0 aliphatic rings. The summed E-state index contributed by atoms with van der Waals surface area (Å²) in [5.41, 5.74) is 1.87. The lowest BCUT2D eigenvalue weighted by Gasteiger charge is -2.13. The van der Waals surface area contributed by atoms with E-state index in [1.807, 2.05) is 0 Å². The van der Waals surface area contributed by atoms with Crippen LogP contribution in [-0.2, 0) is 4.74 Å². The summed E-state index contributed by atoms with van der Waals surface area (Å²) in [5, 5.41) is 0.530. The van der Waals surface area contributed by atoms with Gasteiger partial charge in [0.1, 0.15) is 5.75 Å². The van der Waals surface area contributed by atoms with Crippen molar-refractivity contribution in [1.82, 2.24) is 4.98 Å². The molecule has 0 amide bonds. The first-order valence-corrected chi connectivity index (χ1v) is 7.46. The number of carbonyl (C=O) groups is 2. The number of nitrogens with one attached hydrogen (secondary N) is 1. The van der Waals surface area contributed by atoms with Crippen LogP contribution < -0.4 is 4.74 Å². The molecule has 5 nitrogen and oxygen atoms in total. The van der Waals surface area contributed by atoms with E-state index in [1.165, 1.54) is 7.11 Å². The van der Waals surface area contributed by atoms with Crippen molar-refractivity contribution in [2.75, 3.05) is 7.11 Å². The molecule has 23 heavy (non-hydrogen) atoms. The summed E-state index contributed by atoms with van der Waals surface area (Å²) >= 11 is 5.90. The topological polar surface area (TPSA) is 68.4 Å². The van der Waals surface area contributed by atoms with Gasteiger partial charge in [-0.15, -0.1) is 0 Å². The van der Waals surface area contributed by atoms with Crippen LogP contribution in [0.15, 0.2) is 24.3 Å². The van der Waals surface area contributed by atoms with Gasteiger partial charge >= 0.3 is 5.97 Å². The summed E-state index contributed by atoms with van der Waals surface area (Å²) in [4.78, 5) is 27.3. The number of ether oxygens (including phenoxy) is 2. The van der Waals surface area contributed by atoms with Crippen molar-refractivity contribution in [1.29, 1.82) is 0 Å². The molecule has 1 aromatic carbocycles. The van der Waals surface area contributed by atoms with E-state index >= 15 is 0 Å². The van der Waals surface area contributed by atoms with Crippen molar-refractivity contribution < 1.29 is 19.1 Å².